The minimum absolute atomic E-state index is 0.261. The molecule has 9 heteroatoms. The number of carboxylic acid groups (broad SMARTS) is 1. The van der Waals surface area contributed by atoms with Crippen LogP contribution >= 0.6 is 0 Å². The van der Waals surface area contributed by atoms with Crippen molar-refractivity contribution in [3.05, 3.63) is 18.2 Å². The largest absolute Gasteiger partial charge is 0.481 e. The summed E-state index contributed by atoms with van der Waals surface area (Å²) in [5.41, 5.74) is 0.0907. The van der Waals surface area contributed by atoms with E-state index in [2.05, 4.69) is 21.8 Å². The van der Waals surface area contributed by atoms with Gasteiger partial charge in [-0.3, -0.25) is 9.59 Å². The molecule has 2 unspecified atom stereocenters. The second kappa shape index (κ2) is 12.0. The number of aliphatic carboxylic acids is 1. The Morgan fingerprint density at radius 3 is 2.48 bits per heavy atom. The number of esters is 1. The molecule has 1 amide bonds. The third kappa shape index (κ3) is 9.06. The van der Waals surface area contributed by atoms with E-state index < -0.39 is 35.7 Å². The second-order valence-corrected chi connectivity index (χ2v) is 10.2. The minimum Gasteiger partial charge on any atom is -0.481 e. The zero-order valence-electron chi connectivity index (χ0n) is 20.5. The molecule has 9 nitrogen and oxygen atoms in total. The normalized spacial score (nSPS) is 20.5. The van der Waals surface area contributed by atoms with Crippen LogP contribution in [0, 0.1) is 17.3 Å². The first-order chi connectivity index (χ1) is 15.5. The fourth-order valence-electron chi connectivity index (χ4n) is 3.87. The Balaban J connectivity index is 1.72. The Kier molecular flexibility index (Phi) is 9.73. The summed E-state index contributed by atoms with van der Waals surface area (Å²) in [5, 5.41) is 12.2. The Hall–Kier alpha value is -2.58. The van der Waals surface area contributed by atoms with Crippen LogP contribution in [0.4, 0.5) is 4.79 Å². The van der Waals surface area contributed by atoms with E-state index in [0.717, 1.165) is 24.5 Å². The van der Waals surface area contributed by atoms with Crippen LogP contribution in [0.25, 0.3) is 0 Å². The number of carbonyl (C=O) groups excluding carboxylic acids is 2. The molecular formula is C24H39N3O6. The van der Waals surface area contributed by atoms with Gasteiger partial charge >= 0.3 is 18.0 Å². The SMILES string of the molecule is CC(OC(=O)NCCCC(Cc1cn([C@H]2CC[C@H](C)CC2)cn1)C(=O)O)OC(=O)C(C)(C)C. The summed E-state index contributed by atoms with van der Waals surface area (Å²) in [6.07, 6.45) is 8.00. The number of rotatable bonds is 10. The second-order valence-electron chi connectivity index (χ2n) is 10.2. The maximum absolute atomic E-state index is 11.9. The molecule has 1 saturated carbocycles. The lowest BCUT2D eigenvalue weighted by Gasteiger charge is -2.26. The first-order valence-corrected chi connectivity index (χ1v) is 11.9. The Morgan fingerprint density at radius 2 is 1.88 bits per heavy atom. The molecule has 2 N–H and O–H groups in total. The standard InChI is InChI=1S/C24H39N3O6/c1-16-8-10-20(11-9-16)27-14-19(26-15-27)13-18(21(28)29)7-6-12-25-23(31)33-17(2)32-22(30)24(3,4)5/h14-18,20H,6-13H2,1-5H3,(H,25,31)(H,28,29)/t16-,17?,18?,20-. The molecule has 1 aromatic heterocycles. The van der Waals surface area contributed by atoms with Gasteiger partial charge in [-0.2, -0.15) is 0 Å². The van der Waals surface area contributed by atoms with Crippen LogP contribution in [0.1, 0.15) is 84.9 Å². The number of aromatic nitrogens is 2. The van der Waals surface area contributed by atoms with Crippen LogP contribution in [-0.2, 0) is 25.5 Å². The lowest BCUT2D eigenvalue weighted by Crippen LogP contribution is -2.33. The molecule has 2 atom stereocenters. The third-order valence-electron chi connectivity index (χ3n) is 6.02. The number of nitrogens with zero attached hydrogens (tertiary/aromatic N) is 2. The molecule has 186 valence electrons. The van der Waals surface area contributed by atoms with E-state index in [-0.39, 0.29) is 6.54 Å². The highest BCUT2D eigenvalue weighted by Gasteiger charge is 2.26. The van der Waals surface area contributed by atoms with E-state index in [1.165, 1.54) is 19.8 Å². The van der Waals surface area contributed by atoms with Gasteiger partial charge in [0.05, 0.1) is 23.4 Å². The van der Waals surface area contributed by atoms with Gasteiger partial charge < -0.3 is 24.5 Å². The number of ether oxygens (including phenoxy) is 2. The highest BCUT2D eigenvalue weighted by Crippen LogP contribution is 2.32. The van der Waals surface area contributed by atoms with Gasteiger partial charge in [0.15, 0.2) is 0 Å². The maximum atomic E-state index is 11.9. The van der Waals surface area contributed by atoms with Crippen molar-refractivity contribution >= 4 is 18.0 Å². The molecule has 33 heavy (non-hydrogen) atoms. The summed E-state index contributed by atoms with van der Waals surface area (Å²) in [6.45, 7) is 9.14. The number of carboxylic acids is 1. The number of amides is 1. The topological polar surface area (TPSA) is 120 Å². The van der Waals surface area contributed by atoms with Gasteiger partial charge in [-0.05, 0) is 65.2 Å². The molecular weight excluding hydrogens is 426 g/mol. The molecule has 0 aromatic carbocycles. The lowest BCUT2D eigenvalue weighted by atomic mass is 9.87. The van der Waals surface area contributed by atoms with Crippen LogP contribution in [0.3, 0.4) is 0 Å². The number of nitrogens with one attached hydrogen (secondary N) is 1. The molecule has 1 aliphatic rings. The van der Waals surface area contributed by atoms with Gasteiger partial charge in [0.1, 0.15) is 0 Å². The predicted molar refractivity (Wildman–Crippen MR) is 122 cm³/mol. The van der Waals surface area contributed by atoms with E-state index in [1.807, 2.05) is 12.5 Å². The van der Waals surface area contributed by atoms with Crippen molar-refractivity contribution in [2.45, 2.75) is 91.9 Å². The fourth-order valence-corrected chi connectivity index (χ4v) is 3.87. The van der Waals surface area contributed by atoms with E-state index in [4.69, 9.17) is 9.47 Å². The van der Waals surface area contributed by atoms with Crippen LogP contribution in [0.5, 0.6) is 0 Å². The lowest BCUT2D eigenvalue weighted by molar-refractivity contribution is -0.174. The number of alkyl carbamates (subject to hydrolysis) is 1. The molecule has 0 aliphatic heterocycles. The van der Waals surface area contributed by atoms with Crippen molar-refractivity contribution in [1.29, 1.82) is 0 Å². The summed E-state index contributed by atoms with van der Waals surface area (Å²) in [6, 6.07) is 0.450. The van der Waals surface area contributed by atoms with Crippen molar-refractivity contribution in [2.24, 2.45) is 17.3 Å². The van der Waals surface area contributed by atoms with E-state index >= 15 is 0 Å². The minimum atomic E-state index is -1.01. The Labute approximate surface area is 196 Å². The highest BCUT2D eigenvalue weighted by atomic mass is 16.7. The average molecular weight is 466 g/mol. The molecule has 0 bridgehead atoms. The quantitative estimate of drug-likeness (QED) is 0.300. The fraction of sp³-hybridized carbons (Fsp3) is 0.750. The predicted octanol–water partition coefficient (Wildman–Crippen LogP) is 4.32. The summed E-state index contributed by atoms with van der Waals surface area (Å²) in [4.78, 5) is 39.8. The van der Waals surface area contributed by atoms with Crippen LogP contribution in [0.15, 0.2) is 12.5 Å². The Bertz CT molecular complexity index is 792. The van der Waals surface area contributed by atoms with Gasteiger partial charge in [-0.15, -0.1) is 0 Å². The summed E-state index contributed by atoms with van der Waals surface area (Å²) in [7, 11) is 0. The zero-order valence-corrected chi connectivity index (χ0v) is 20.5. The molecule has 1 aromatic rings. The monoisotopic (exact) mass is 465 g/mol. The molecule has 1 aliphatic carbocycles. The number of carbonyl (C=O) groups is 3. The number of hydrogen-bond donors (Lipinski definition) is 2. The van der Waals surface area contributed by atoms with Crippen molar-refractivity contribution in [3.8, 4) is 0 Å². The number of imidazole rings is 1. The van der Waals surface area contributed by atoms with Crippen molar-refractivity contribution in [2.75, 3.05) is 6.54 Å². The van der Waals surface area contributed by atoms with E-state index in [0.29, 0.717) is 25.3 Å². The van der Waals surface area contributed by atoms with Gasteiger partial charge in [0, 0.05) is 32.1 Å². The van der Waals surface area contributed by atoms with Gasteiger partial charge in [-0.1, -0.05) is 6.92 Å². The molecule has 1 fully saturated rings. The van der Waals surface area contributed by atoms with Crippen molar-refractivity contribution in [3.63, 3.8) is 0 Å². The van der Waals surface area contributed by atoms with E-state index in [9.17, 15) is 19.5 Å². The molecule has 0 saturated heterocycles. The van der Waals surface area contributed by atoms with Crippen LogP contribution in [0.2, 0.25) is 0 Å². The maximum Gasteiger partial charge on any atom is 0.410 e. The Morgan fingerprint density at radius 1 is 1.21 bits per heavy atom. The molecule has 0 spiro atoms. The molecule has 1 heterocycles. The molecule has 2 rings (SSSR count). The first kappa shape index (κ1) is 26.7. The van der Waals surface area contributed by atoms with Gasteiger partial charge in [-0.25, -0.2) is 9.78 Å². The third-order valence-corrected chi connectivity index (χ3v) is 6.02. The molecule has 0 radical (unpaired) electrons. The number of hydrogen-bond acceptors (Lipinski definition) is 6. The van der Waals surface area contributed by atoms with Gasteiger partial charge in [0.25, 0.3) is 0 Å². The average Bonchev–Trinajstić information content (AvgIpc) is 3.18. The van der Waals surface area contributed by atoms with Gasteiger partial charge in [0.2, 0.25) is 6.29 Å². The summed E-state index contributed by atoms with van der Waals surface area (Å²) >= 11 is 0. The highest BCUT2D eigenvalue weighted by molar-refractivity contribution is 5.75. The summed E-state index contributed by atoms with van der Waals surface area (Å²) in [5.74, 6) is -1.15. The van der Waals surface area contributed by atoms with Crippen molar-refractivity contribution < 1.29 is 29.0 Å². The smallest absolute Gasteiger partial charge is 0.410 e. The zero-order chi connectivity index (χ0) is 24.6. The van der Waals surface area contributed by atoms with E-state index in [1.54, 1.807) is 20.8 Å². The first-order valence-electron chi connectivity index (χ1n) is 11.9. The van der Waals surface area contributed by atoms with Crippen LogP contribution < -0.4 is 5.32 Å². The van der Waals surface area contributed by atoms with Crippen LogP contribution in [-0.4, -0.2) is 45.5 Å². The summed E-state index contributed by atoms with van der Waals surface area (Å²) < 4.78 is 12.2. The van der Waals surface area contributed by atoms with Crippen molar-refractivity contribution in [1.82, 2.24) is 14.9 Å².